The van der Waals surface area contributed by atoms with E-state index < -0.39 is 0 Å². The molecule has 132 valence electrons. The monoisotopic (exact) mass is 367 g/mol. The van der Waals surface area contributed by atoms with Crippen molar-refractivity contribution < 1.29 is 14.4 Å². The van der Waals surface area contributed by atoms with Crippen LogP contribution in [-0.2, 0) is 9.59 Å². The molecule has 2 aromatic rings. The number of fused-ring (bicyclic) bond motifs is 1. The maximum Gasteiger partial charge on any atom is 0.257 e. The van der Waals surface area contributed by atoms with Crippen molar-refractivity contribution in [3.05, 3.63) is 53.1 Å². The van der Waals surface area contributed by atoms with Crippen molar-refractivity contribution in [1.29, 1.82) is 0 Å². The second-order valence-corrected chi connectivity index (χ2v) is 7.32. The third-order valence-corrected chi connectivity index (χ3v) is 5.61. The van der Waals surface area contributed by atoms with Crippen molar-refractivity contribution in [2.75, 3.05) is 10.2 Å². The molecular weight excluding hydrogens is 350 g/mol. The van der Waals surface area contributed by atoms with Gasteiger partial charge in [-0.3, -0.25) is 24.6 Å². The number of anilines is 2. The first-order valence-electron chi connectivity index (χ1n) is 8.41. The van der Waals surface area contributed by atoms with Crippen LogP contribution in [0.4, 0.5) is 10.8 Å². The van der Waals surface area contributed by atoms with Gasteiger partial charge < -0.3 is 0 Å². The van der Waals surface area contributed by atoms with Crippen LogP contribution in [0.2, 0.25) is 0 Å². The normalized spacial score (nSPS) is 21.8. The lowest BCUT2D eigenvalue weighted by Gasteiger charge is -2.15. The Morgan fingerprint density at radius 2 is 1.73 bits per heavy atom. The number of aromatic nitrogens is 1. The molecule has 0 radical (unpaired) electrons. The Kier molecular flexibility index (Phi) is 4.16. The number of imide groups is 1. The summed E-state index contributed by atoms with van der Waals surface area (Å²) in [6, 6.07) is 6.52. The zero-order valence-corrected chi connectivity index (χ0v) is 15.0. The fourth-order valence-corrected chi connectivity index (χ4v) is 4.08. The van der Waals surface area contributed by atoms with Gasteiger partial charge in [-0.05, 0) is 44.0 Å². The Balaban J connectivity index is 1.52. The van der Waals surface area contributed by atoms with Gasteiger partial charge in [0.1, 0.15) is 0 Å². The first kappa shape index (κ1) is 16.7. The van der Waals surface area contributed by atoms with Gasteiger partial charge >= 0.3 is 0 Å². The molecule has 1 N–H and O–H groups in total. The summed E-state index contributed by atoms with van der Waals surface area (Å²) in [5, 5.41) is 5.14. The number of allylic oxidation sites excluding steroid dienone is 2. The SMILES string of the molecule is Cc1csc(NC(=O)c2ccc(N3C(=O)C4CC=CCC4C3=O)cc2)n1. The molecule has 1 aromatic heterocycles. The van der Waals surface area contributed by atoms with E-state index in [1.807, 2.05) is 24.5 Å². The van der Waals surface area contributed by atoms with Gasteiger partial charge in [-0.2, -0.15) is 0 Å². The maximum atomic E-state index is 12.6. The topological polar surface area (TPSA) is 79.4 Å². The highest BCUT2D eigenvalue weighted by molar-refractivity contribution is 7.13. The van der Waals surface area contributed by atoms with Crippen molar-refractivity contribution in [3.8, 4) is 0 Å². The molecule has 2 aliphatic rings. The van der Waals surface area contributed by atoms with E-state index in [1.54, 1.807) is 24.3 Å². The fraction of sp³-hybridized carbons (Fsp3) is 0.263. The Labute approximate surface area is 154 Å². The van der Waals surface area contributed by atoms with Gasteiger partial charge in [0.15, 0.2) is 5.13 Å². The van der Waals surface area contributed by atoms with Crippen LogP contribution in [0.1, 0.15) is 28.9 Å². The molecule has 6 nitrogen and oxygen atoms in total. The fourth-order valence-electron chi connectivity index (χ4n) is 3.40. The third kappa shape index (κ3) is 2.84. The lowest BCUT2D eigenvalue weighted by molar-refractivity contribution is -0.122. The van der Waals surface area contributed by atoms with E-state index in [4.69, 9.17) is 0 Å². The van der Waals surface area contributed by atoms with Gasteiger partial charge in [0.25, 0.3) is 5.91 Å². The molecule has 26 heavy (non-hydrogen) atoms. The number of hydrogen-bond donors (Lipinski definition) is 1. The van der Waals surface area contributed by atoms with E-state index in [0.29, 0.717) is 29.2 Å². The molecule has 2 atom stereocenters. The van der Waals surface area contributed by atoms with Gasteiger partial charge in [0.2, 0.25) is 11.8 Å². The van der Waals surface area contributed by atoms with E-state index in [2.05, 4.69) is 10.3 Å². The van der Waals surface area contributed by atoms with Crippen molar-refractivity contribution in [3.63, 3.8) is 0 Å². The third-order valence-electron chi connectivity index (χ3n) is 4.73. The molecule has 1 aliphatic carbocycles. The number of aryl methyl sites for hydroxylation is 1. The number of amides is 3. The van der Waals surface area contributed by atoms with Crippen LogP contribution in [0.5, 0.6) is 0 Å². The Hall–Kier alpha value is -2.80. The minimum atomic E-state index is -0.275. The molecule has 1 fully saturated rings. The predicted octanol–water partition coefficient (Wildman–Crippen LogP) is 3.16. The molecule has 3 amide bonds. The van der Waals surface area contributed by atoms with Crippen LogP contribution in [0, 0.1) is 18.8 Å². The van der Waals surface area contributed by atoms with Crippen molar-refractivity contribution >= 4 is 39.9 Å². The van der Waals surface area contributed by atoms with Crippen molar-refractivity contribution in [2.45, 2.75) is 19.8 Å². The highest BCUT2D eigenvalue weighted by Crippen LogP contribution is 2.37. The van der Waals surface area contributed by atoms with E-state index in [0.717, 1.165) is 5.69 Å². The predicted molar refractivity (Wildman–Crippen MR) is 99.1 cm³/mol. The summed E-state index contributed by atoms with van der Waals surface area (Å²) < 4.78 is 0. The number of hydrogen-bond acceptors (Lipinski definition) is 5. The summed E-state index contributed by atoms with van der Waals surface area (Å²) in [7, 11) is 0. The van der Waals surface area contributed by atoms with E-state index in [-0.39, 0.29) is 29.6 Å². The molecule has 0 saturated carbocycles. The van der Waals surface area contributed by atoms with Crippen LogP contribution in [0.25, 0.3) is 0 Å². The van der Waals surface area contributed by atoms with Gasteiger partial charge in [0, 0.05) is 10.9 Å². The molecule has 1 saturated heterocycles. The van der Waals surface area contributed by atoms with Gasteiger partial charge in [-0.1, -0.05) is 12.2 Å². The number of carbonyl (C=O) groups is 3. The lowest BCUT2D eigenvalue weighted by atomic mass is 9.85. The largest absolute Gasteiger partial charge is 0.298 e. The van der Waals surface area contributed by atoms with Crippen LogP contribution in [0.3, 0.4) is 0 Å². The number of thiazole rings is 1. The molecule has 4 rings (SSSR count). The maximum absolute atomic E-state index is 12.6. The van der Waals surface area contributed by atoms with E-state index in [1.165, 1.54) is 16.2 Å². The van der Waals surface area contributed by atoms with Crippen molar-refractivity contribution in [2.24, 2.45) is 11.8 Å². The Morgan fingerprint density at radius 1 is 1.12 bits per heavy atom. The minimum absolute atomic E-state index is 0.153. The lowest BCUT2D eigenvalue weighted by Crippen LogP contribution is -2.30. The first-order chi connectivity index (χ1) is 12.5. The van der Waals surface area contributed by atoms with Gasteiger partial charge in [-0.15, -0.1) is 11.3 Å². The number of benzene rings is 1. The van der Waals surface area contributed by atoms with Crippen LogP contribution in [0.15, 0.2) is 41.8 Å². The summed E-state index contributed by atoms with van der Waals surface area (Å²) in [6.07, 6.45) is 5.14. The number of carbonyl (C=O) groups excluding carboxylic acids is 3. The molecule has 7 heteroatoms. The minimum Gasteiger partial charge on any atom is -0.298 e. The average molecular weight is 367 g/mol. The quantitative estimate of drug-likeness (QED) is 0.668. The van der Waals surface area contributed by atoms with Gasteiger partial charge in [-0.25, -0.2) is 4.98 Å². The zero-order chi connectivity index (χ0) is 18.3. The van der Waals surface area contributed by atoms with Gasteiger partial charge in [0.05, 0.1) is 23.2 Å². The summed E-state index contributed by atoms with van der Waals surface area (Å²) in [5.41, 5.74) is 1.80. The molecule has 2 unspecified atom stereocenters. The zero-order valence-electron chi connectivity index (χ0n) is 14.1. The average Bonchev–Trinajstić information content (AvgIpc) is 3.17. The molecule has 0 spiro atoms. The number of nitrogens with zero attached hydrogens (tertiary/aromatic N) is 2. The molecule has 2 heterocycles. The second kappa shape index (κ2) is 6.49. The Bertz CT molecular complexity index is 890. The second-order valence-electron chi connectivity index (χ2n) is 6.46. The number of rotatable bonds is 3. The number of nitrogens with one attached hydrogen (secondary N) is 1. The van der Waals surface area contributed by atoms with Crippen LogP contribution < -0.4 is 10.2 Å². The highest BCUT2D eigenvalue weighted by Gasteiger charge is 2.47. The standard InChI is InChI=1S/C19H17N3O3S/c1-11-10-26-19(20-11)21-16(23)12-6-8-13(9-7-12)22-17(24)14-4-2-3-5-15(14)18(22)25/h2-3,6-10,14-15H,4-5H2,1H3,(H,20,21,23). The summed E-state index contributed by atoms with van der Waals surface area (Å²) in [6.45, 7) is 1.86. The Morgan fingerprint density at radius 3 is 2.27 bits per heavy atom. The molecule has 1 aliphatic heterocycles. The summed E-state index contributed by atoms with van der Waals surface area (Å²) in [5.74, 6) is -1.10. The van der Waals surface area contributed by atoms with E-state index in [9.17, 15) is 14.4 Å². The molecule has 1 aromatic carbocycles. The van der Waals surface area contributed by atoms with Crippen LogP contribution in [-0.4, -0.2) is 22.7 Å². The summed E-state index contributed by atoms with van der Waals surface area (Å²) >= 11 is 1.36. The first-order valence-corrected chi connectivity index (χ1v) is 9.29. The van der Waals surface area contributed by atoms with Crippen LogP contribution >= 0.6 is 11.3 Å². The molecule has 0 bridgehead atoms. The molecular formula is C19H17N3O3S. The highest BCUT2D eigenvalue weighted by atomic mass is 32.1. The van der Waals surface area contributed by atoms with E-state index >= 15 is 0 Å². The smallest absolute Gasteiger partial charge is 0.257 e. The van der Waals surface area contributed by atoms with Crippen molar-refractivity contribution in [1.82, 2.24) is 4.98 Å². The summed E-state index contributed by atoms with van der Waals surface area (Å²) in [4.78, 5) is 42.9.